The molecule has 0 aliphatic rings. The first kappa shape index (κ1) is 15.4. The monoisotopic (exact) mass is 329 g/mol. The van der Waals surface area contributed by atoms with Crippen molar-refractivity contribution in [3.05, 3.63) is 53.2 Å². The van der Waals surface area contributed by atoms with Crippen molar-refractivity contribution in [1.29, 1.82) is 0 Å². The van der Waals surface area contributed by atoms with Crippen LogP contribution in [0.5, 0.6) is 5.75 Å². The number of ether oxygens (including phenoxy) is 1. The lowest BCUT2D eigenvalue weighted by atomic mass is 10.0. The van der Waals surface area contributed by atoms with E-state index in [1.165, 1.54) is 4.90 Å². The van der Waals surface area contributed by atoms with Crippen LogP contribution >= 0.6 is 11.6 Å². The van der Waals surface area contributed by atoms with Crippen molar-refractivity contribution in [2.24, 2.45) is 0 Å². The first-order valence-corrected chi connectivity index (χ1v) is 7.47. The van der Waals surface area contributed by atoms with Crippen molar-refractivity contribution in [3.8, 4) is 16.9 Å². The van der Waals surface area contributed by atoms with Crippen LogP contribution in [0.15, 0.2) is 46.9 Å². The maximum atomic E-state index is 12.1. The second-order valence-electron chi connectivity index (χ2n) is 5.38. The number of carbonyl (C=O) groups is 1. The first-order valence-electron chi connectivity index (χ1n) is 7.09. The number of benzene rings is 2. The third-order valence-electron chi connectivity index (χ3n) is 3.60. The molecule has 0 aliphatic carbocycles. The van der Waals surface area contributed by atoms with Gasteiger partial charge in [0.25, 0.3) is 5.91 Å². The Morgan fingerprint density at radius 2 is 1.87 bits per heavy atom. The molecule has 3 aromatic rings. The predicted molar refractivity (Wildman–Crippen MR) is 91.2 cm³/mol. The zero-order chi connectivity index (χ0) is 16.6. The van der Waals surface area contributed by atoms with Gasteiger partial charge in [-0.15, -0.1) is 0 Å². The van der Waals surface area contributed by atoms with Crippen LogP contribution in [0.1, 0.15) is 10.6 Å². The number of amides is 1. The number of para-hydroxylation sites is 1. The number of carbonyl (C=O) groups excluding carboxylic acids is 1. The maximum Gasteiger partial charge on any atom is 0.289 e. The van der Waals surface area contributed by atoms with E-state index in [0.717, 1.165) is 16.5 Å². The zero-order valence-electron chi connectivity index (χ0n) is 13.1. The zero-order valence-corrected chi connectivity index (χ0v) is 13.8. The standard InChI is InChI=1S/C18H16ClNO3/c1-20(2)18(21)16-9-11-8-12(19)10-14(17(11)23-16)13-6-4-5-7-15(13)22-3/h4-10H,1-3H3. The molecule has 0 fully saturated rings. The lowest BCUT2D eigenvalue weighted by Gasteiger charge is -2.09. The minimum absolute atomic E-state index is 0.191. The number of hydrogen-bond donors (Lipinski definition) is 0. The van der Waals surface area contributed by atoms with Gasteiger partial charge in [-0.25, -0.2) is 0 Å². The average molecular weight is 330 g/mol. The third kappa shape index (κ3) is 2.78. The van der Waals surface area contributed by atoms with E-state index in [1.807, 2.05) is 30.3 Å². The first-order chi connectivity index (χ1) is 11.0. The second kappa shape index (κ2) is 5.97. The molecule has 1 aromatic heterocycles. The molecule has 0 aliphatic heterocycles. The molecule has 118 valence electrons. The van der Waals surface area contributed by atoms with E-state index >= 15 is 0 Å². The summed E-state index contributed by atoms with van der Waals surface area (Å²) in [7, 11) is 4.98. The molecule has 0 atom stereocenters. The van der Waals surface area contributed by atoms with Crippen molar-refractivity contribution in [1.82, 2.24) is 4.90 Å². The molecular weight excluding hydrogens is 314 g/mol. The molecule has 4 nitrogen and oxygen atoms in total. The number of furan rings is 1. The van der Waals surface area contributed by atoms with Gasteiger partial charge in [-0.05, 0) is 24.3 Å². The van der Waals surface area contributed by atoms with Crippen LogP contribution in [-0.4, -0.2) is 32.0 Å². The number of fused-ring (bicyclic) bond motifs is 1. The highest BCUT2D eigenvalue weighted by molar-refractivity contribution is 6.32. The summed E-state index contributed by atoms with van der Waals surface area (Å²) in [5.74, 6) is 0.805. The summed E-state index contributed by atoms with van der Waals surface area (Å²) >= 11 is 6.24. The van der Waals surface area contributed by atoms with Crippen molar-refractivity contribution in [2.75, 3.05) is 21.2 Å². The number of nitrogens with zero attached hydrogens (tertiary/aromatic N) is 1. The van der Waals surface area contributed by atoms with Crippen molar-refractivity contribution in [3.63, 3.8) is 0 Å². The van der Waals surface area contributed by atoms with Gasteiger partial charge in [0, 0.05) is 35.6 Å². The van der Waals surface area contributed by atoms with Crippen molar-refractivity contribution < 1.29 is 13.9 Å². The maximum absolute atomic E-state index is 12.1. The highest BCUT2D eigenvalue weighted by atomic mass is 35.5. The highest BCUT2D eigenvalue weighted by Gasteiger charge is 2.18. The minimum Gasteiger partial charge on any atom is -0.496 e. The molecule has 1 heterocycles. The van der Waals surface area contributed by atoms with Crippen LogP contribution in [0.3, 0.4) is 0 Å². The Morgan fingerprint density at radius 1 is 1.13 bits per heavy atom. The van der Waals surface area contributed by atoms with Crippen LogP contribution in [0.2, 0.25) is 5.02 Å². The Morgan fingerprint density at radius 3 is 2.57 bits per heavy atom. The topological polar surface area (TPSA) is 42.7 Å². The van der Waals surface area contributed by atoms with Crippen LogP contribution in [0, 0.1) is 0 Å². The van der Waals surface area contributed by atoms with Crippen LogP contribution in [0.25, 0.3) is 22.1 Å². The van der Waals surface area contributed by atoms with Gasteiger partial charge >= 0.3 is 0 Å². The summed E-state index contributed by atoms with van der Waals surface area (Å²) in [5, 5.41) is 1.35. The molecule has 3 rings (SSSR count). The molecule has 0 unspecified atom stereocenters. The van der Waals surface area contributed by atoms with Crippen LogP contribution < -0.4 is 4.74 Å². The SMILES string of the molecule is COc1ccccc1-c1cc(Cl)cc2cc(C(=O)N(C)C)oc12. The molecular formula is C18H16ClNO3. The molecule has 0 saturated heterocycles. The van der Waals surface area contributed by atoms with E-state index in [9.17, 15) is 4.79 Å². The van der Waals surface area contributed by atoms with E-state index < -0.39 is 0 Å². The lowest BCUT2D eigenvalue weighted by molar-refractivity contribution is 0.0799. The summed E-state index contributed by atoms with van der Waals surface area (Å²) in [5.41, 5.74) is 2.27. The Kier molecular flexibility index (Phi) is 4.01. The summed E-state index contributed by atoms with van der Waals surface area (Å²) in [4.78, 5) is 13.6. The smallest absolute Gasteiger partial charge is 0.289 e. The van der Waals surface area contributed by atoms with Gasteiger partial charge < -0.3 is 14.1 Å². The van der Waals surface area contributed by atoms with E-state index in [1.54, 1.807) is 33.3 Å². The van der Waals surface area contributed by atoms with Gasteiger partial charge in [0.15, 0.2) is 5.76 Å². The Balaban J connectivity index is 2.26. The van der Waals surface area contributed by atoms with Gasteiger partial charge in [0.05, 0.1) is 7.11 Å². The van der Waals surface area contributed by atoms with E-state index in [0.29, 0.717) is 16.4 Å². The van der Waals surface area contributed by atoms with Crippen LogP contribution in [0.4, 0.5) is 0 Å². The van der Waals surface area contributed by atoms with Gasteiger partial charge in [-0.1, -0.05) is 29.8 Å². The number of methoxy groups -OCH3 is 1. The van der Waals surface area contributed by atoms with Crippen LogP contribution in [-0.2, 0) is 0 Å². The molecule has 23 heavy (non-hydrogen) atoms. The van der Waals surface area contributed by atoms with Gasteiger partial charge in [0.1, 0.15) is 11.3 Å². The van der Waals surface area contributed by atoms with Crippen molar-refractivity contribution >= 4 is 28.5 Å². The predicted octanol–water partition coefficient (Wildman–Crippen LogP) is 4.46. The number of rotatable bonds is 3. The quantitative estimate of drug-likeness (QED) is 0.712. The highest BCUT2D eigenvalue weighted by Crippen LogP contribution is 2.38. The summed E-state index contributed by atoms with van der Waals surface area (Å²) in [6, 6.07) is 12.9. The van der Waals surface area contributed by atoms with Crippen molar-refractivity contribution in [2.45, 2.75) is 0 Å². The molecule has 5 heteroatoms. The van der Waals surface area contributed by atoms with Gasteiger partial charge in [-0.2, -0.15) is 0 Å². The molecule has 0 spiro atoms. The Hall–Kier alpha value is -2.46. The third-order valence-corrected chi connectivity index (χ3v) is 3.81. The molecule has 0 radical (unpaired) electrons. The van der Waals surface area contributed by atoms with E-state index in [-0.39, 0.29) is 11.7 Å². The molecule has 0 saturated carbocycles. The Labute approximate surface area is 139 Å². The lowest BCUT2D eigenvalue weighted by Crippen LogP contribution is -2.20. The number of hydrogen-bond acceptors (Lipinski definition) is 3. The molecule has 0 bridgehead atoms. The summed E-state index contributed by atoms with van der Waals surface area (Å²) in [6.45, 7) is 0. The Bertz CT molecular complexity index is 883. The molecule has 2 aromatic carbocycles. The summed E-state index contributed by atoms with van der Waals surface area (Å²) in [6.07, 6.45) is 0. The fraction of sp³-hybridized carbons (Fsp3) is 0.167. The normalized spacial score (nSPS) is 10.8. The largest absolute Gasteiger partial charge is 0.496 e. The fourth-order valence-electron chi connectivity index (χ4n) is 2.51. The van der Waals surface area contributed by atoms with Gasteiger partial charge in [0.2, 0.25) is 0 Å². The second-order valence-corrected chi connectivity index (χ2v) is 5.82. The van der Waals surface area contributed by atoms with Gasteiger partial charge in [-0.3, -0.25) is 4.79 Å². The summed E-state index contributed by atoms with van der Waals surface area (Å²) < 4.78 is 11.2. The van der Waals surface area contributed by atoms with E-state index in [4.69, 9.17) is 20.8 Å². The molecule has 0 N–H and O–H groups in total. The molecule has 1 amide bonds. The van der Waals surface area contributed by atoms with E-state index in [2.05, 4.69) is 0 Å². The number of halogens is 1. The minimum atomic E-state index is -0.191. The average Bonchev–Trinajstić information content (AvgIpc) is 2.96. The fourth-order valence-corrected chi connectivity index (χ4v) is 2.74.